The van der Waals surface area contributed by atoms with Gasteiger partial charge in [-0.3, -0.25) is 0 Å². The molecule has 7 nitrogen and oxygen atoms in total. The van der Waals surface area contributed by atoms with Crippen molar-refractivity contribution < 1.29 is 28.6 Å². The fourth-order valence-corrected chi connectivity index (χ4v) is 3.51. The Kier molecular flexibility index (Phi) is 7.06. The lowest BCUT2D eigenvalue weighted by Crippen LogP contribution is -2.53. The van der Waals surface area contributed by atoms with Gasteiger partial charge >= 0.3 is 17.9 Å². The van der Waals surface area contributed by atoms with Gasteiger partial charge in [-0.15, -0.1) is 11.3 Å². The molecule has 0 bridgehead atoms. The molecular weight excluding hydrogens is 370 g/mol. The molecule has 0 unspecified atom stereocenters. The molecule has 0 aliphatic carbocycles. The van der Waals surface area contributed by atoms with Crippen molar-refractivity contribution in [1.82, 2.24) is 4.98 Å². The Balaban J connectivity index is 2.63. The van der Waals surface area contributed by atoms with E-state index in [2.05, 4.69) is 4.98 Å². The molecule has 1 heterocycles. The van der Waals surface area contributed by atoms with Crippen molar-refractivity contribution >= 4 is 29.2 Å². The summed E-state index contributed by atoms with van der Waals surface area (Å²) in [6.45, 7) is 4.72. The first-order valence-corrected chi connectivity index (χ1v) is 9.37. The van der Waals surface area contributed by atoms with Crippen LogP contribution in [0.15, 0.2) is 36.5 Å². The van der Waals surface area contributed by atoms with Gasteiger partial charge in [0.05, 0.1) is 24.7 Å². The van der Waals surface area contributed by atoms with Crippen molar-refractivity contribution in [3.05, 3.63) is 41.4 Å². The quantitative estimate of drug-likeness (QED) is 0.388. The van der Waals surface area contributed by atoms with Crippen molar-refractivity contribution in [1.29, 1.82) is 0 Å². The van der Waals surface area contributed by atoms with Gasteiger partial charge in [-0.1, -0.05) is 30.3 Å². The molecule has 0 amide bonds. The van der Waals surface area contributed by atoms with Gasteiger partial charge in [0.2, 0.25) is 0 Å². The summed E-state index contributed by atoms with van der Waals surface area (Å²) in [6.07, 6.45) is 1.32. The molecule has 0 radical (unpaired) electrons. The molecule has 0 spiro atoms. The van der Waals surface area contributed by atoms with Gasteiger partial charge in [0.25, 0.3) is 5.41 Å². The number of hydrogen-bond acceptors (Lipinski definition) is 8. The summed E-state index contributed by atoms with van der Waals surface area (Å²) in [7, 11) is 0. The van der Waals surface area contributed by atoms with E-state index in [0.29, 0.717) is 5.01 Å². The Hall–Kier alpha value is -2.74. The predicted octanol–water partition coefficient (Wildman–Crippen LogP) is 2.74. The summed E-state index contributed by atoms with van der Waals surface area (Å²) in [5, 5.41) is 0.549. The average molecular weight is 391 g/mol. The number of benzene rings is 1. The van der Waals surface area contributed by atoms with E-state index >= 15 is 0 Å². The minimum Gasteiger partial charge on any atom is -0.464 e. The Bertz CT molecular complexity index is 756. The number of hydrogen-bond donors (Lipinski definition) is 0. The first-order valence-electron chi connectivity index (χ1n) is 8.55. The zero-order valence-corrected chi connectivity index (χ0v) is 16.2. The Labute approximate surface area is 161 Å². The second kappa shape index (κ2) is 9.27. The monoisotopic (exact) mass is 391 g/mol. The number of aromatic nitrogens is 1. The fourth-order valence-electron chi connectivity index (χ4n) is 2.43. The first-order chi connectivity index (χ1) is 13.0. The van der Waals surface area contributed by atoms with Crippen LogP contribution in [0.25, 0.3) is 10.6 Å². The van der Waals surface area contributed by atoms with Crippen LogP contribution in [-0.4, -0.2) is 42.7 Å². The molecule has 8 heteroatoms. The van der Waals surface area contributed by atoms with Gasteiger partial charge in [0.15, 0.2) is 0 Å². The lowest BCUT2D eigenvalue weighted by atomic mass is 9.86. The molecule has 0 saturated carbocycles. The van der Waals surface area contributed by atoms with E-state index in [0.717, 1.165) is 16.9 Å². The second-order valence-electron chi connectivity index (χ2n) is 5.31. The maximum Gasteiger partial charge on any atom is 0.340 e. The Morgan fingerprint density at radius 2 is 1.37 bits per heavy atom. The van der Waals surface area contributed by atoms with Gasteiger partial charge < -0.3 is 14.2 Å². The van der Waals surface area contributed by atoms with Crippen LogP contribution in [0.5, 0.6) is 0 Å². The van der Waals surface area contributed by atoms with Crippen molar-refractivity contribution in [2.45, 2.75) is 26.2 Å². The largest absolute Gasteiger partial charge is 0.464 e. The summed E-state index contributed by atoms with van der Waals surface area (Å²) in [5.41, 5.74) is -1.56. The summed E-state index contributed by atoms with van der Waals surface area (Å²) in [5.74, 6) is -3.11. The summed E-state index contributed by atoms with van der Waals surface area (Å²) in [4.78, 5) is 42.8. The molecule has 0 fully saturated rings. The van der Waals surface area contributed by atoms with Gasteiger partial charge in [0.1, 0.15) is 5.01 Å². The molecule has 0 aliphatic heterocycles. The topological polar surface area (TPSA) is 91.8 Å². The number of nitrogens with zero attached hydrogens (tertiary/aromatic N) is 1. The predicted molar refractivity (Wildman–Crippen MR) is 99.1 cm³/mol. The van der Waals surface area contributed by atoms with E-state index < -0.39 is 23.3 Å². The first kappa shape index (κ1) is 20.6. The maximum atomic E-state index is 12.8. The van der Waals surface area contributed by atoms with Crippen molar-refractivity contribution in [3.63, 3.8) is 0 Å². The SMILES string of the molecule is CCOC(=O)C(C(=O)OCC)(C(=O)OCC)c1cnc(-c2ccccc2)s1. The smallest absolute Gasteiger partial charge is 0.340 e. The molecular formula is C19H21NO6S. The van der Waals surface area contributed by atoms with Gasteiger partial charge in [0, 0.05) is 11.8 Å². The average Bonchev–Trinajstić information content (AvgIpc) is 3.14. The highest BCUT2D eigenvalue weighted by Crippen LogP contribution is 2.37. The molecule has 144 valence electrons. The van der Waals surface area contributed by atoms with Crippen LogP contribution in [0.2, 0.25) is 0 Å². The lowest BCUT2D eigenvalue weighted by Gasteiger charge is -2.25. The molecule has 1 aromatic carbocycles. The summed E-state index contributed by atoms with van der Waals surface area (Å²) < 4.78 is 15.2. The second-order valence-corrected chi connectivity index (χ2v) is 6.34. The van der Waals surface area contributed by atoms with Crippen LogP contribution in [0.1, 0.15) is 25.6 Å². The highest BCUT2D eigenvalue weighted by Gasteiger charge is 2.60. The maximum absolute atomic E-state index is 12.8. The van der Waals surface area contributed by atoms with Gasteiger partial charge in [-0.2, -0.15) is 0 Å². The standard InChI is InChI=1S/C19H21NO6S/c1-4-24-16(21)19(17(22)25-5-2,18(23)26-6-3)14-12-20-15(27-14)13-10-8-7-9-11-13/h7-12H,4-6H2,1-3H3. The molecule has 0 saturated heterocycles. The molecule has 27 heavy (non-hydrogen) atoms. The molecule has 2 aromatic rings. The van der Waals surface area contributed by atoms with E-state index in [1.165, 1.54) is 6.20 Å². The van der Waals surface area contributed by atoms with Crippen molar-refractivity contribution in [2.75, 3.05) is 19.8 Å². The zero-order valence-electron chi connectivity index (χ0n) is 15.4. The van der Waals surface area contributed by atoms with Gasteiger partial charge in [-0.25, -0.2) is 19.4 Å². The third kappa shape index (κ3) is 4.00. The van der Waals surface area contributed by atoms with Gasteiger partial charge in [-0.05, 0) is 20.8 Å². The molecule has 0 N–H and O–H groups in total. The summed E-state index contributed by atoms with van der Waals surface area (Å²) >= 11 is 1.04. The fraction of sp³-hybridized carbons (Fsp3) is 0.368. The zero-order chi connectivity index (χ0) is 19.9. The molecule has 1 aromatic heterocycles. The van der Waals surface area contributed by atoms with Crippen LogP contribution < -0.4 is 0 Å². The number of thiazole rings is 1. The number of carbonyl (C=O) groups is 3. The molecule has 2 rings (SSSR count). The van der Waals surface area contributed by atoms with E-state index in [-0.39, 0.29) is 24.7 Å². The van der Waals surface area contributed by atoms with Crippen LogP contribution >= 0.6 is 11.3 Å². The molecule has 0 aliphatic rings. The number of ether oxygens (including phenoxy) is 3. The van der Waals surface area contributed by atoms with Crippen LogP contribution in [0.4, 0.5) is 0 Å². The molecule has 0 atom stereocenters. The third-order valence-electron chi connectivity index (χ3n) is 3.64. The van der Waals surface area contributed by atoms with Crippen molar-refractivity contribution in [3.8, 4) is 10.6 Å². The minimum absolute atomic E-state index is 0.0102. The lowest BCUT2D eigenvalue weighted by molar-refractivity contribution is -0.175. The third-order valence-corrected chi connectivity index (χ3v) is 4.81. The van der Waals surface area contributed by atoms with E-state index in [1.807, 2.05) is 30.3 Å². The summed E-state index contributed by atoms with van der Waals surface area (Å²) in [6, 6.07) is 9.21. The Morgan fingerprint density at radius 3 is 1.81 bits per heavy atom. The van der Waals surface area contributed by atoms with E-state index in [4.69, 9.17) is 14.2 Å². The number of esters is 3. The van der Waals surface area contributed by atoms with Crippen LogP contribution in [0, 0.1) is 0 Å². The Morgan fingerprint density at radius 1 is 0.889 bits per heavy atom. The highest BCUT2D eigenvalue weighted by molar-refractivity contribution is 7.15. The highest BCUT2D eigenvalue weighted by atomic mass is 32.1. The number of rotatable bonds is 8. The minimum atomic E-state index is -2.35. The van der Waals surface area contributed by atoms with E-state index in [9.17, 15) is 14.4 Å². The van der Waals surface area contributed by atoms with Crippen LogP contribution in [-0.2, 0) is 34.0 Å². The van der Waals surface area contributed by atoms with Crippen molar-refractivity contribution in [2.24, 2.45) is 0 Å². The van der Waals surface area contributed by atoms with Crippen LogP contribution in [0.3, 0.4) is 0 Å². The normalized spacial score (nSPS) is 10.9. The number of carbonyl (C=O) groups excluding carboxylic acids is 3. The van der Waals surface area contributed by atoms with E-state index in [1.54, 1.807) is 20.8 Å².